The number of carbonyl (C=O) groups is 1. The van der Waals surface area contributed by atoms with Crippen LogP contribution in [0.3, 0.4) is 0 Å². The van der Waals surface area contributed by atoms with Gasteiger partial charge in [0.1, 0.15) is 18.0 Å². The lowest BCUT2D eigenvalue weighted by Crippen LogP contribution is -2.49. The van der Waals surface area contributed by atoms with E-state index >= 15 is 0 Å². The number of benzene rings is 1. The Hall–Kier alpha value is -2.40. The standard InChI is InChI=1S/C22H28N2O3/c1-17-5-7-20(14-18(17)2)27-16-22(26)9-12-24(13-10-22)21(25)8-6-19-4-3-11-23-15-19/h3-5,7,11,14-15,26H,6,8-10,12-13,16H2,1-2H3. The van der Waals surface area contributed by atoms with Gasteiger partial charge < -0.3 is 14.7 Å². The third-order valence-corrected chi connectivity index (χ3v) is 5.38. The fraction of sp³-hybridized carbons (Fsp3) is 0.455. The Morgan fingerprint density at radius 2 is 2.00 bits per heavy atom. The number of rotatable bonds is 6. The highest BCUT2D eigenvalue weighted by Gasteiger charge is 2.34. The summed E-state index contributed by atoms with van der Waals surface area (Å²) in [5.41, 5.74) is 2.59. The van der Waals surface area contributed by atoms with Crippen molar-refractivity contribution in [2.75, 3.05) is 19.7 Å². The van der Waals surface area contributed by atoms with Crippen LogP contribution in [0.15, 0.2) is 42.7 Å². The van der Waals surface area contributed by atoms with Gasteiger partial charge in [-0.3, -0.25) is 9.78 Å². The molecular formula is C22H28N2O3. The van der Waals surface area contributed by atoms with Gasteiger partial charge in [0.05, 0.1) is 0 Å². The summed E-state index contributed by atoms with van der Waals surface area (Å²) in [6.07, 6.45) is 5.78. The number of piperidine rings is 1. The minimum atomic E-state index is -0.876. The van der Waals surface area contributed by atoms with Gasteiger partial charge in [0.2, 0.25) is 5.91 Å². The van der Waals surface area contributed by atoms with E-state index in [0.29, 0.717) is 38.8 Å². The SMILES string of the molecule is Cc1ccc(OCC2(O)CCN(C(=O)CCc3cccnc3)CC2)cc1C. The van der Waals surface area contributed by atoms with E-state index < -0.39 is 5.60 Å². The minimum Gasteiger partial charge on any atom is -0.491 e. The summed E-state index contributed by atoms with van der Waals surface area (Å²) in [5.74, 6) is 0.914. The van der Waals surface area contributed by atoms with Gasteiger partial charge in [-0.05, 0) is 68.0 Å². The molecule has 144 valence electrons. The molecule has 0 spiro atoms. The van der Waals surface area contributed by atoms with E-state index in [1.165, 1.54) is 11.1 Å². The van der Waals surface area contributed by atoms with Gasteiger partial charge in [-0.1, -0.05) is 12.1 Å². The molecule has 0 bridgehead atoms. The molecule has 1 aliphatic heterocycles. The number of ether oxygens (including phenoxy) is 1. The van der Waals surface area contributed by atoms with Crippen molar-refractivity contribution < 1.29 is 14.6 Å². The van der Waals surface area contributed by atoms with Crippen LogP contribution in [0.5, 0.6) is 5.75 Å². The summed E-state index contributed by atoms with van der Waals surface area (Å²) >= 11 is 0. The zero-order valence-electron chi connectivity index (χ0n) is 16.1. The number of amides is 1. The molecule has 0 saturated carbocycles. The number of pyridine rings is 1. The lowest BCUT2D eigenvalue weighted by atomic mass is 9.92. The predicted molar refractivity (Wildman–Crippen MR) is 105 cm³/mol. The molecule has 1 aromatic heterocycles. The molecule has 27 heavy (non-hydrogen) atoms. The first kappa shape index (κ1) is 19.4. The smallest absolute Gasteiger partial charge is 0.222 e. The van der Waals surface area contributed by atoms with Crippen molar-refractivity contribution in [2.45, 2.75) is 45.1 Å². The first-order valence-corrected chi connectivity index (χ1v) is 9.54. The van der Waals surface area contributed by atoms with E-state index in [1.807, 2.05) is 42.2 Å². The molecule has 1 saturated heterocycles. The molecule has 1 amide bonds. The highest BCUT2D eigenvalue weighted by Crippen LogP contribution is 2.25. The Balaban J connectivity index is 1.45. The quantitative estimate of drug-likeness (QED) is 0.851. The van der Waals surface area contributed by atoms with Crippen LogP contribution in [0, 0.1) is 13.8 Å². The minimum absolute atomic E-state index is 0.135. The van der Waals surface area contributed by atoms with Gasteiger partial charge in [0.25, 0.3) is 0 Å². The van der Waals surface area contributed by atoms with Crippen molar-refractivity contribution in [1.82, 2.24) is 9.88 Å². The predicted octanol–water partition coefficient (Wildman–Crippen LogP) is 3.06. The monoisotopic (exact) mass is 368 g/mol. The summed E-state index contributed by atoms with van der Waals surface area (Å²) in [7, 11) is 0. The first-order chi connectivity index (χ1) is 13.0. The summed E-state index contributed by atoms with van der Waals surface area (Å²) in [6.45, 7) is 5.50. The lowest BCUT2D eigenvalue weighted by Gasteiger charge is -2.38. The number of aliphatic hydroxyl groups is 1. The van der Waals surface area contributed by atoms with E-state index in [2.05, 4.69) is 11.9 Å². The molecule has 5 nitrogen and oxygen atoms in total. The normalized spacial score (nSPS) is 16.2. The average molecular weight is 368 g/mol. The fourth-order valence-electron chi connectivity index (χ4n) is 3.29. The highest BCUT2D eigenvalue weighted by atomic mass is 16.5. The first-order valence-electron chi connectivity index (χ1n) is 9.54. The summed E-state index contributed by atoms with van der Waals surface area (Å²) < 4.78 is 5.82. The fourth-order valence-corrected chi connectivity index (χ4v) is 3.29. The summed E-state index contributed by atoms with van der Waals surface area (Å²) in [4.78, 5) is 18.3. The van der Waals surface area contributed by atoms with E-state index in [0.717, 1.165) is 11.3 Å². The average Bonchev–Trinajstić information content (AvgIpc) is 2.68. The van der Waals surface area contributed by atoms with Crippen molar-refractivity contribution in [3.8, 4) is 5.75 Å². The second-order valence-electron chi connectivity index (χ2n) is 7.50. The number of aromatic nitrogens is 1. The Bertz CT molecular complexity index is 768. The van der Waals surface area contributed by atoms with Crippen LogP contribution in [0.4, 0.5) is 0 Å². The second-order valence-corrected chi connectivity index (χ2v) is 7.50. The third-order valence-electron chi connectivity index (χ3n) is 5.38. The molecule has 0 radical (unpaired) electrons. The molecular weight excluding hydrogens is 340 g/mol. The molecule has 1 N–H and O–H groups in total. The van der Waals surface area contributed by atoms with Gasteiger partial charge in [-0.2, -0.15) is 0 Å². The van der Waals surface area contributed by atoms with E-state index in [1.54, 1.807) is 12.4 Å². The molecule has 1 aromatic carbocycles. The number of hydrogen-bond donors (Lipinski definition) is 1. The maximum absolute atomic E-state index is 12.4. The maximum atomic E-state index is 12.4. The van der Waals surface area contributed by atoms with Gasteiger partial charge in [0.15, 0.2) is 0 Å². The maximum Gasteiger partial charge on any atom is 0.222 e. The van der Waals surface area contributed by atoms with Gasteiger partial charge >= 0.3 is 0 Å². The molecule has 2 heterocycles. The molecule has 0 unspecified atom stereocenters. The largest absolute Gasteiger partial charge is 0.491 e. The number of likely N-dealkylation sites (tertiary alicyclic amines) is 1. The number of nitrogens with zero attached hydrogens (tertiary/aromatic N) is 2. The topological polar surface area (TPSA) is 62.7 Å². The number of hydrogen-bond acceptors (Lipinski definition) is 4. The third kappa shape index (κ3) is 5.30. The molecule has 1 fully saturated rings. The lowest BCUT2D eigenvalue weighted by molar-refractivity contribution is -0.136. The molecule has 0 atom stereocenters. The summed E-state index contributed by atoms with van der Waals surface area (Å²) in [5, 5.41) is 10.8. The number of aryl methyl sites for hydroxylation is 3. The van der Waals surface area contributed by atoms with Crippen molar-refractivity contribution in [1.29, 1.82) is 0 Å². The van der Waals surface area contributed by atoms with Crippen LogP contribution < -0.4 is 4.74 Å². The second kappa shape index (κ2) is 8.53. The van der Waals surface area contributed by atoms with E-state index in [9.17, 15) is 9.90 Å². The van der Waals surface area contributed by atoms with Crippen LogP contribution in [0.2, 0.25) is 0 Å². The van der Waals surface area contributed by atoms with E-state index in [-0.39, 0.29) is 12.5 Å². The zero-order chi connectivity index (χ0) is 19.3. The van der Waals surface area contributed by atoms with Crippen LogP contribution in [-0.4, -0.2) is 46.2 Å². The van der Waals surface area contributed by atoms with Gasteiger partial charge in [-0.15, -0.1) is 0 Å². The van der Waals surface area contributed by atoms with Crippen molar-refractivity contribution in [3.63, 3.8) is 0 Å². The van der Waals surface area contributed by atoms with Gasteiger partial charge in [-0.25, -0.2) is 0 Å². The zero-order valence-corrected chi connectivity index (χ0v) is 16.1. The van der Waals surface area contributed by atoms with Crippen LogP contribution in [0.25, 0.3) is 0 Å². The van der Waals surface area contributed by atoms with Crippen molar-refractivity contribution in [2.24, 2.45) is 0 Å². The van der Waals surface area contributed by atoms with Crippen molar-refractivity contribution in [3.05, 3.63) is 59.4 Å². The van der Waals surface area contributed by atoms with Crippen LogP contribution in [0.1, 0.15) is 36.0 Å². The summed E-state index contributed by atoms with van der Waals surface area (Å²) in [6, 6.07) is 9.83. The van der Waals surface area contributed by atoms with E-state index in [4.69, 9.17) is 4.74 Å². The molecule has 0 aliphatic carbocycles. The highest BCUT2D eigenvalue weighted by molar-refractivity contribution is 5.76. The van der Waals surface area contributed by atoms with Crippen molar-refractivity contribution >= 4 is 5.91 Å². The molecule has 5 heteroatoms. The Kier molecular flexibility index (Phi) is 6.11. The van der Waals surface area contributed by atoms with Crippen LogP contribution in [-0.2, 0) is 11.2 Å². The number of carbonyl (C=O) groups excluding carboxylic acids is 1. The van der Waals surface area contributed by atoms with Gasteiger partial charge in [0, 0.05) is 31.9 Å². The Morgan fingerprint density at radius 3 is 2.67 bits per heavy atom. The molecule has 3 rings (SSSR count). The van der Waals surface area contributed by atoms with Crippen LogP contribution >= 0.6 is 0 Å². The Morgan fingerprint density at radius 1 is 1.22 bits per heavy atom. The Labute approximate surface area is 161 Å². The molecule has 1 aliphatic rings. The molecule has 2 aromatic rings.